The molecule has 1 fully saturated rings. The van der Waals surface area contributed by atoms with E-state index >= 15 is 0 Å². The van der Waals surface area contributed by atoms with Crippen molar-refractivity contribution in [3.05, 3.63) is 70.8 Å². The van der Waals surface area contributed by atoms with E-state index in [0.29, 0.717) is 6.04 Å². The Labute approximate surface area is 128 Å². The molecule has 2 aromatic carbocycles. The molecule has 0 bridgehead atoms. The zero-order valence-electron chi connectivity index (χ0n) is 13.3. The van der Waals surface area contributed by atoms with Crippen molar-refractivity contribution in [3.63, 3.8) is 0 Å². The van der Waals surface area contributed by atoms with Gasteiger partial charge in [-0.1, -0.05) is 55.0 Å². The van der Waals surface area contributed by atoms with E-state index in [1.54, 1.807) is 0 Å². The molecule has 1 unspecified atom stereocenters. The zero-order valence-corrected chi connectivity index (χ0v) is 13.3. The minimum atomic E-state index is 0.262. The van der Waals surface area contributed by atoms with Crippen LogP contribution in [0.15, 0.2) is 48.5 Å². The SMILES string of the molecule is CNC(c1ccc(C)c(C)c1)C1(c2ccccc2)CCC1. The van der Waals surface area contributed by atoms with Gasteiger partial charge < -0.3 is 5.32 Å². The third-order valence-electron chi connectivity index (χ3n) is 5.30. The molecule has 0 aliphatic heterocycles. The molecule has 1 saturated carbocycles. The lowest BCUT2D eigenvalue weighted by molar-refractivity contribution is 0.175. The molecule has 21 heavy (non-hydrogen) atoms. The normalized spacial score (nSPS) is 18.0. The summed E-state index contributed by atoms with van der Waals surface area (Å²) in [5.41, 5.74) is 5.92. The van der Waals surface area contributed by atoms with Crippen molar-refractivity contribution in [2.75, 3.05) is 7.05 Å². The van der Waals surface area contributed by atoms with E-state index in [9.17, 15) is 0 Å². The summed E-state index contributed by atoms with van der Waals surface area (Å²) in [5, 5.41) is 3.61. The molecule has 0 heterocycles. The van der Waals surface area contributed by atoms with Crippen LogP contribution in [-0.2, 0) is 5.41 Å². The number of rotatable bonds is 4. The number of hydrogen-bond acceptors (Lipinski definition) is 1. The summed E-state index contributed by atoms with van der Waals surface area (Å²) < 4.78 is 0. The number of hydrogen-bond donors (Lipinski definition) is 1. The third-order valence-corrected chi connectivity index (χ3v) is 5.30. The van der Waals surface area contributed by atoms with Crippen molar-refractivity contribution in [2.45, 2.75) is 44.6 Å². The summed E-state index contributed by atoms with van der Waals surface area (Å²) in [6, 6.07) is 18.4. The van der Waals surface area contributed by atoms with Crippen molar-refractivity contribution >= 4 is 0 Å². The van der Waals surface area contributed by atoms with E-state index in [0.717, 1.165) is 0 Å². The minimum Gasteiger partial charge on any atom is -0.312 e. The Hall–Kier alpha value is -1.60. The van der Waals surface area contributed by atoms with Crippen LogP contribution in [0.4, 0.5) is 0 Å². The quantitative estimate of drug-likeness (QED) is 0.856. The van der Waals surface area contributed by atoms with Gasteiger partial charge in [0.25, 0.3) is 0 Å². The molecule has 0 saturated heterocycles. The van der Waals surface area contributed by atoms with Crippen molar-refractivity contribution in [2.24, 2.45) is 0 Å². The van der Waals surface area contributed by atoms with Gasteiger partial charge in [0, 0.05) is 11.5 Å². The highest BCUT2D eigenvalue weighted by Gasteiger charge is 2.45. The average Bonchev–Trinajstić information content (AvgIpc) is 2.47. The number of aryl methyl sites for hydroxylation is 2. The summed E-state index contributed by atoms with van der Waals surface area (Å²) in [6.07, 6.45) is 3.88. The summed E-state index contributed by atoms with van der Waals surface area (Å²) in [7, 11) is 2.10. The van der Waals surface area contributed by atoms with E-state index in [1.807, 2.05) is 0 Å². The van der Waals surface area contributed by atoms with Gasteiger partial charge in [0.05, 0.1) is 0 Å². The first-order valence-electron chi connectivity index (χ1n) is 7.97. The van der Waals surface area contributed by atoms with Gasteiger partial charge in [0.2, 0.25) is 0 Å². The van der Waals surface area contributed by atoms with Gasteiger partial charge in [0.1, 0.15) is 0 Å². The Morgan fingerprint density at radius 2 is 1.67 bits per heavy atom. The minimum absolute atomic E-state index is 0.262. The van der Waals surface area contributed by atoms with Crippen LogP contribution < -0.4 is 5.32 Å². The maximum atomic E-state index is 3.61. The molecule has 2 aromatic rings. The fraction of sp³-hybridized carbons (Fsp3) is 0.400. The van der Waals surface area contributed by atoms with E-state index in [2.05, 4.69) is 74.7 Å². The second-order valence-electron chi connectivity index (χ2n) is 6.44. The molecule has 1 N–H and O–H groups in total. The average molecular weight is 279 g/mol. The first-order chi connectivity index (χ1) is 10.2. The van der Waals surface area contributed by atoms with Crippen LogP contribution in [0.2, 0.25) is 0 Å². The van der Waals surface area contributed by atoms with Crippen LogP contribution in [0.3, 0.4) is 0 Å². The maximum Gasteiger partial charge on any atom is 0.0415 e. The Morgan fingerprint density at radius 1 is 0.952 bits per heavy atom. The Kier molecular flexibility index (Phi) is 3.86. The van der Waals surface area contributed by atoms with Gasteiger partial charge in [-0.3, -0.25) is 0 Å². The second-order valence-corrected chi connectivity index (χ2v) is 6.44. The number of likely N-dealkylation sites (N-methyl/N-ethyl adjacent to an activating group) is 1. The zero-order chi connectivity index (χ0) is 14.9. The molecule has 0 aromatic heterocycles. The van der Waals surface area contributed by atoms with Crippen molar-refractivity contribution in [1.82, 2.24) is 5.32 Å². The lowest BCUT2D eigenvalue weighted by atomic mass is 9.58. The lowest BCUT2D eigenvalue weighted by Crippen LogP contribution is -2.45. The largest absolute Gasteiger partial charge is 0.312 e. The summed E-state index contributed by atoms with van der Waals surface area (Å²) in [4.78, 5) is 0. The van der Waals surface area contributed by atoms with Gasteiger partial charge >= 0.3 is 0 Å². The van der Waals surface area contributed by atoms with E-state index in [4.69, 9.17) is 0 Å². The van der Waals surface area contributed by atoms with Crippen LogP contribution in [-0.4, -0.2) is 7.05 Å². The first kappa shape index (κ1) is 14.3. The Balaban J connectivity index is 2.03. The van der Waals surface area contributed by atoms with Crippen LogP contribution in [0.1, 0.15) is 47.6 Å². The van der Waals surface area contributed by atoms with Gasteiger partial charge in [0.15, 0.2) is 0 Å². The van der Waals surface area contributed by atoms with E-state index in [1.165, 1.54) is 41.5 Å². The summed E-state index contributed by atoms with van der Waals surface area (Å²) in [5.74, 6) is 0. The number of nitrogens with one attached hydrogen (secondary N) is 1. The molecule has 110 valence electrons. The molecule has 1 nitrogen and oxygen atoms in total. The van der Waals surface area contributed by atoms with Crippen LogP contribution in [0.5, 0.6) is 0 Å². The molecule has 0 amide bonds. The topological polar surface area (TPSA) is 12.0 Å². The van der Waals surface area contributed by atoms with Crippen molar-refractivity contribution in [1.29, 1.82) is 0 Å². The van der Waals surface area contributed by atoms with E-state index < -0.39 is 0 Å². The molecule has 1 heteroatoms. The fourth-order valence-corrected chi connectivity index (χ4v) is 3.78. The van der Waals surface area contributed by atoms with E-state index in [-0.39, 0.29) is 5.41 Å². The van der Waals surface area contributed by atoms with Gasteiger partial charge in [-0.15, -0.1) is 0 Å². The molecule has 0 radical (unpaired) electrons. The van der Waals surface area contributed by atoms with Crippen LogP contribution >= 0.6 is 0 Å². The predicted molar refractivity (Wildman–Crippen MR) is 89.7 cm³/mol. The fourth-order valence-electron chi connectivity index (χ4n) is 3.78. The van der Waals surface area contributed by atoms with Crippen LogP contribution in [0.25, 0.3) is 0 Å². The molecule has 1 aliphatic rings. The van der Waals surface area contributed by atoms with Gasteiger partial charge in [-0.2, -0.15) is 0 Å². The highest BCUT2D eigenvalue weighted by Crippen LogP contribution is 2.52. The molecular weight excluding hydrogens is 254 g/mol. The third kappa shape index (κ3) is 2.40. The predicted octanol–water partition coefficient (Wildman–Crippen LogP) is 4.69. The molecule has 1 aliphatic carbocycles. The first-order valence-corrected chi connectivity index (χ1v) is 7.97. The highest BCUT2D eigenvalue weighted by molar-refractivity contribution is 5.38. The lowest BCUT2D eigenvalue weighted by Gasteiger charge is -2.48. The smallest absolute Gasteiger partial charge is 0.0415 e. The van der Waals surface area contributed by atoms with Crippen LogP contribution in [0, 0.1) is 13.8 Å². The molecular formula is C20H25N. The monoisotopic (exact) mass is 279 g/mol. The van der Waals surface area contributed by atoms with Gasteiger partial charge in [-0.25, -0.2) is 0 Å². The highest BCUT2D eigenvalue weighted by atomic mass is 14.9. The van der Waals surface area contributed by atoms with Crippen molar-refractivity contribution < 1.29 is 0 Å². The second kappa shape index (κ2) is 5.65. The Morgan fingerprint density at radius 3 is 2.19 bits per heavy atom. The maximum absolute atomic E-state index is 3.61. The Bertz CT molecular complexity index is 611. The molecule has 1 atom stereocenters. The summed E-state index contributed by atoms with van der Waals surface area (Å²) >= 11 is 0. The summed E-state index contributed by atoms with van der Waals surface area (Å²) in [6.45, 7) is 4.39. The molecule has 0 spiro atoms. The van der Waals surface area contributed by atoms with Crippen molar-refractivity contribution in [3.8, 4) is 0 Å². The standard InChI is InChI=1S/C20H25N/c1-15-10-11-17(14-16(15)2)19(21-3)20(12-7-13-20)18-8-5-4-6-9-18/h4-6,8-11,14,19,21H,7,12-13H2,1-3H3. The molecule has 3 rings (SSSR count). The number of benzene rings is 2. The van der Waals surface area contributed by atoms with Gasteiger partial charge in [-0.05, 0) is 56.0 Å².